The van der Waals surface area contributed by atoms with E-state index in [0.717, 1.165) is 24.0 Å². The maximum atomic E-state index is 12.4. The fraction of sp³-hybridized carbons (Fsp3) is 0.529. The van der Waals surface area contributed by atoms with Crippen LogP contribution < -0.4 is 9.47 Å². The van der Waals surface area contributed by atoms with E-state index in [4.69, 9.17) is 14.6 Å². The number of hydrogen-bond donors (Lipinski definition) is 1. The molecule has 0 spiro atoms. The number of carbonyl (C=O) groups excluding carboxylic acids is 1. The smallest absolute Gasteiger partial charge is 0.307 e. The molecular weight excluding hydrogens is 298 g/mol. The number of fused-ring (bicyclic) bond motifs is 1. The molecule has 2 unspecified atom stereocenters. The number of benzene rings is 1. The molecule has 1 aromatic carbocycles. The molecule has 0 bridgehead atoms. The zero-order chi connectivity index (χ0) is 16.6. The molecular formula is C17H21NO5. The maximum absolute atomic E-state index is 12.4. The predicted octanol–water partition coefficient (Wildman–Crippen LogP) is 1.35. The van der Waals surface area contributed by atoms with Gasteiger partial charge in [-0.3, -0.25) is 9.59 Å². The third kappa shape index (κ3) is 2.98. The summed E-state index contributed by atoms with van der Waals surface area (Å²) in [6.45, 7) is 1.23. The van der Waals surface area contributed by atoms with Gasteiger partial charge in [0.25, 0.3) is 0 Å². The number of rotatable bonds is 4. The quantitative estimate of drug-likeness (QED) is 0.906. The molecule has 1 amide bonds. The molecule has 1 saturated carbocycles. The van der Waals surface area contributed by atoms with Gasteiger partial charge in [-0.25, -0.2) is 0 Å². The third-order valence-electron chi connectivity index (χ3n) is 4.74. The van der Waals surface area contributed by atoms with Crippen molar-refractivity contribution in [2.75, 3.05) is 27.3 Å². The van der Waals surface area contributed by atoms with Gasteiger partial charge in [-0.2, -0.15) is 0 Å². The molecule has 3 rings (SSSR count). The first-order chi connectivity index (χ1) is 11.0. The van der Waals surface area contributed by atoms with E-state index in [1.54, 1.807) is 19.1 Å². The van der Waals surface area contributed by atoms with E-state index in [0.29, 0.717) is 31.0 Å². The summed E-state index contributed by atoms with van der Waals surface area (Å²) in [5, 5.41) is 8.99. The zero-order valence-electron chi connectivity index (χ0n) is 13.4. The van der Waals surface area contributed by atoms with E-state index in [9.17, 15) is 9.59 Å². The zero-order valence-corrected chi connectivity index (χ0v) is 13.4. The van der Waals surface area contributed by atoms with Crippen LogP contribution in [0, 0.1) is 11.8 Å². The lowest BCUT2D eigenvalue weighted by atomic mass is 10.0. The number of carboxylic acids is 1. The van der Waals surface area contributed by atoms with Gasteiger partial charge < -0.3 is 19.5 Å². The van der Waals surface area contributed by atoms with E-state index >= 15 is 0 Å². The van der Waals surface area contributed by atoms with Gasteiger partial charge in [0, 0.05) is 13.1 Å². The van der Waals surface area contributed by atoms with Crippen molar-refractivity contribution in [3.05, 3.63) is 23.3 Å². The van der Waals surface area contributed by atoms with Crippen LogP contribution in [0.4, 0.5) is 0 Å². The highest BCUT2D eigenvalue weighted by atomic mass is 16.5. The van der Waals surface area contributed by atoms with E-state index in [1.807, 2.05) is 12.1 Å². The van der Waals surface area contributed by atoms with Gasteiger partial charge >= 0.3 is 5.97 Å². The summed E-state index contributed by atoms with van der Waals surface area (Å²) in [5.41, 5.74) is 2.31. The van der Waals surface area contributed by atoms with Crippen LogP contribution in [0.2, 0.25) is 0 Å². The number of methoxy groups -OCH3 is 2. The van der Waals surface area contributed by atoms with Crippen LogP contribution in [0.1, 0.15) is 17.5 Å². The van der Waals surface area contributed by atoms with Gasteiger partial charge in [0.1, 0.15) is 0 Å². The van der Waals surface area contributed by atoms with Crippen molar-refractivity contribution >= 4 is 11.9 Å². The van der Waals surface area contributed by atoms with E-state index in [-0.39, 0.29) is 11.8 Å². The Kier molecular flexibility index (Phi) is 4.15. The van der Waals surface area contributed by atoms with Crippen LogP contribution >= 0.6 is 0 Å². The molecule has 0 radical (unpaired) electrons. The normalized spacial score (nSPS) is 22.8. The molecule has 23 heavy (non-hydrogen) atoms. The molecule has 1 heterocycles. The number of carboxylic acid groups (broad SMARTS) is 1. The molecule has 2 aliphatic rings. The molecule has 1 fully saturated rings. The van der Waals surface area contributed by atoms with Crippen LogP contribution in [-0.2, 0) is 22.4 Å². The molecule has 1 aliphatic heterocycles. The first kappa shape index (κ1) is 15.6. The fourth-order valence-corrected chi connectivity index (χ4v) is 3.25. The van der Waals surface area contributed by atoms with Crippen molar-refractivity contribution in [2.24, 2.45) is 11.8 Å². The van der Waals surface area contributed by atoms with E-state index < -0.39 is 11.9 Å². The van der Waals surface area contributed by atoms with Crippen molar-refractivity contribution in [3.63, 3.8) is 0 Å². The molecule has 0 aromatic heterocycles. The average Bonchev–Trinajstić information content (AvgIpc) is 3.36. The Labute approximate surface area is 135 Å². The number of carbonyl (C=O) groups is 2. The van der Waals surface area contributed by atoms with E-state index in [1.165, 1.54) is 0 Å². The summed E-state index contributed by atoms with van der Waals surface area (Å²) in [5.74, 6) is -0.329. The molecule has 1 aliphatic carbocycles. The minimum atomic E-state index is -0.865. The lowest BCUT2D eigenvalue weighted by molar-refractivity contribution is -0.142. The van der Waals surface area contributed by atoms with Crippen molar-refractivity contribution in [3.8, 4) is 11.5 Å². The van der Waals surface area contributed by atoms with Crippen LogP contribution in [0.15, 0.2) is 12.1 Å². The van der Waals surface area contributed by atoms with Gasteiger partial charge in [0.2, 0.25) is 5.91 Å². The SMILES string of the molecule is COc1cc2c(cc1OC)CCN(C(=O)C1CC1C(=O)O)CC2. The Morgan fingerprint density at radius 3 is 1.96 bits per heavy atom. The Morgan fingerprint density at radius 1 is 1.04 bits per heavy atom. The van der Waals surface area contributed by atoms with Gasteiger partial charge in [-0.05, 0) is 42.5 Å². The molecule has 1 aromatic rings. The predicted molar refractivity (Wildman–Crippen MR) is 82.8 cm³/mol. The number of amides is 1. The Balaban J connectivity index is 1.73. The van der Waals surface area contributed by atoms with Crippen LogP contribution in [0.5, 0.6) is 11.5 Å². The van der Waals surface area contributed by atoms with E-state index in [2.05, 4.69) is 0 Å². The standard InChI is InChI=1S/C17H21NO5/c1-22-14-7-10-3-5-18(6-4-11(10)8-15(14)23-2)16(19)12-9-13(12)17(20)21/h7-8,12-13H,3-6,9H2,1-2H3,(H,20,21). The molecule has 6 heteroatoms. The highest BCUT2D eigenvalue weighted by Crippen LogP contribution is 2.40. The molecule has 0 saturated heterocycles. The lowest BCUT2D eigenvalue weighted by Gasteiger charge is -2.20. The molecule has 1 N–H and O–H groups in total. The summed E-state index contributed by atoms with van der Waals surface area (Å²) >= 11 is 0. The highest BCUT2D eigenvalue weighted by Gasteiger charge is 2.49. The molecule has 6 nitrogen and oxygen atoms in total. The first-order valence-corrected chi connectivity index (χ1v) is 7.80. The fourth-order valence-electron chi connectivity index (χ4n) is 3.25. The highest BCUT2D eigenvalue weighted by molar-refractivity contribution is 5.89. The Morgan fingerprint density at radius 2 is 1.57 bits per heavy atom. The minimum Gasteiger partial charge on any atom is -0.493 e. The van der Waals surface area contributed by atoms with Gasteiger partial charge in [-0.15, -0.1) is 0 Å². The minimum absolute atomic E-state index is 0.0239. The van der Waals surface area contributed by atoms with Gasteiger partial charge in [0.05, 0.1) is 26.1 Å². The Bertz CT molecular complexity index is 607. The van der Waals surface area contributed by atoms with Crippen LogP contribution in [-0.4, -0.2) is 49.2 Å². The van der Waals surface area contributed by atoms with Gasteiger partial charge in [-0.1, -0.05) is 0 Å². The van der Waals surface area contributed by atoms with Crippen LogP contribution in [0.3, 0.4) is 0 Å². The number of ether oxygens (including phenoxy) is 2. The molecule has 124 valence electrons. The average molecular weight is 319 g/mol. The third-order valence-corrected chi connectivity index (χ3v) is 4.74. The number of aliphatic carboxylic acids is 1. The second-order valence-electron chi connectivity index (χ2n) is 6.09. The second kappa shape index (κ2) is 6.10. The summed E-state index contributed by atoms with van der Waals surface area (Å²) in [6, 6.07) is 3.94. The molecule has 2 atom stereocenters. The van der Waals surface area contributed by atoms with Crippen molar-refractivity contribution in [1.82, 2.24) is 4.90 Å². The monoisotopic (exact) mass is 319 g/mol. The maximum Gasteiger partial charge on any atom is 0.307 e. The lowest BCUT2D eigenvalue weighted by Crippen LogP contribution is -2.35. The summed E-state index contributed by atoms with van der Waals surface area (Å²) in [6.07, 6.45) is 1.96. The Hall–Kier alpha value is -2.24. The number of nitrogens with zero attached hydrogens (tertiary/aromatic N) is 1. The summed E-state index contributed by atoms with van der Waals surface area (Å²) < 4.78 is 10.7. The first-order valence-electron chi connectivity index (χ1n) is 7.80. The summed E-state index contributed by atoms with van der Waals surface area (Å²) in [4.78, 5) is 25.2. The second-order valence-corrected chi connectivity index (χ2v) is 6.09. The number of hydrogen-bond acceptors (Lipinski definition) is 4. The topological polar surface area (TPSA) is 76.1 Å². The summed E-state index contributed by atoms with van der Waals surface area (Å²) in [7, 11) is 3.21. The van der Waals surface area contributed by atoms with Crippen molar-refractivity contribution < 1.29 is 24.2 Å². The largest absolute Gasteiger partial charge is 0.493 e. The van der Waals surface area contributed by atoms with Crippen molar-refractivity contribution in [1.29, 1.82) is 0 Å². The van der Waals surface area contributed by atoms with Gasteiger partial charge in [0.15, 0.2) is 11.5 Å². The van der Waals surface area contributed by atoms with Crippen molar-refractivity contribution in [2.45, 2.75) is 19.3 Å². The van der Waals surface area contributed by atoms with Crippen LogP contribution in [0.25, 0.3) is 0 Å².